The number of carbonyl (C=O) groups is 2. The van der Waals surface area contributed by atoms with Gasteiger partial charge >= 0.3 is 35.5 Å². The predicted molar refractivity (Wildman–Crippen MR) is 248 cm³/mol. The van der Waals surface area contributed by atoms with Gasteiger partial charge in [0, 0.05) is 54.6 Å². The molecule has 2 aromatic heterocycles. The average Bonchev–Trinajstić information content (AvgIpc) is 3.83. The maximum Gasteiger partial charge on any atom is 0.490 e. The summed E-state index contributed by atoms with van der Waals surface area (Å²) in [6.45, 7) is 6.26. The molecular weight excluding hydrogens is 991 g/mol. The van der Waals surface area contributed by atoms with E-state index >= 15 is 0 Å². The van der Waals surface area contributed by atoms with Crippen molar-refractivity contribution in [3.05, 3.63) is 95.1 Å². The van der Waals surface area contributed by atoms with E-state index in [0.29, 0.717) is 33.8 Å². The molecule has 0 spiro atoms. The molecule has 1 aliphatic carbocycles. The van der Waals surface area contributed by atoms with Crippen LogP contribution < -0.4 is 26.0 Å². The van der Waals surface area contributed by atoms with E-state index in [4.69, 9.17) is 46.5 Å². The molecular formula is C39H44N9O17P3S. The second kappa shape index (κ2) is 20.7. The molecule has 4 heterocycles. The number of allylic oxidation sites excluding steroid dienone is 3. The third-order valence-corrected chi connectivity index (χ3v) is 14.5. The van der Waals surface area contributed by atoms with Gasteiger partial charge in [0.25, 0.3) is 0 Å². The molecule has 69 heavy (non-hydrogen) atoms. The Balaban J connectivity index is 1.02. The van der Waals surface area contributed by atoms with Crippen LogP contribution >= 0.6 is 35.7 Å². The van der Waals surface area contributed by atoms with Crippen molar-refractivity contribution in [2.45, 2.75) is 45.3 Å². The SMILES string of the molecule is CCN(CC)c1ccc2c(c1)Oc1cc(C)ccc1C2=C1C=CC(=NC(=S)NCCNC(=O)OC2[C@@H](COP(=O)(O)OP(=O)(O)OP(=O)(O)O)O[C@@H](n3cnc4c(N)ncnc43)[C@H]2O)C=C1C(=O)O. The highest BCUT2D eigenvalue weighted by Crippen LogP contribution is 2.66. The summed E-state index contributed by atoms with van der Waals surface area (Å²) in [5.74, 6) is -0.0915. The number of carbonyl (C=O) groups excluding carboxylic acids is 1. The molecule has 0 radical (unpaired) electrons. The minimum Gasteiger partial charge on any atom is -0.478 e. The van der Waals surface area contributed by atoms with Gasteiger partial charge in [0.05, 0.1) is 24.2 Å². The molecule has 26 nitrogen and oxygen atoms in total. The monoisotopic (exact) mass is 1040 g/mol. The number of benzene rings is 2. The summed E-state index contributed by atoms with van der Waals surface area (Å²) in [4.78, 5) is 81.7. The summed E-state index contributed by atoms with van der Waals surface area (Å²) < 4.78 is 66.4. The number of rotatable bonds is 16. The van der Waals surface area contributed by atoms with Gasteiger partial charge in [-0.15, -0.1) is 0 Å². The summed E-state index contributed by atoms with van der Waals surface area (Å²) >= 11 is 5.39. The maximum atomic E-state index is 13.1. The Morgan fingerprint density at radius 2 is 1.65 bits per heavy atom. The number of aromatic nitrogens is 4. The van der Waals surface area contributed by atoms with E-state index in [9.17, 15) is 43.3 Å². The fourth-order valence-electron chi connectivity index (χ4n) is 7.47. The summed E-state index contributed by atoms with van der Waals surface area (Å²) in [5.41, 5.74) is 10.6. The van der Waals surface area contributed by atoms with Gasteiger partial charge in [-0.25, -0.2) is 43.2 Å². The predicted octanol–water partition coefficient (Wildman–Crippen LogP) is 3.76. The molecule has 10 N–H and O–H groups in total. The highest BCUT2D eigenvalue weighted by molar-refractivity contribution is 7.80. The smallest absolute Gasteiger partial charge is 0.478 e. The Morgan fingerprint density at radius 3 is 2.35 bits per heavy atom. The number of alkyl carbamates (subject to hydrolysis) is 1. The number of carboxylic acids is 1. The number of anilines is 2. The largest absolute Gasteiger partial charge is 0.490 e. The molecule has 368 valence electrons. The van der Waals surface area contributed by atoms with Crippen LogP contribution in [0.2, 0.25) is 0 Å². The summed E-state index contributed by atoms with van der Waals surface area (Å²) in [6.07, 6.45) is -0.882. The van der Waals surface area contributed by atoms with Crippen LogP contribution in [0.1, 0.15) is 36.8 Å². The first-order chi connectivity index (χ1) is 32.6. The van der Waals surface area contributed by atoms with Crippen molar-refractivity contribution in [3.8, 4) is 11.5 Å². The van der Waals surface area contributed by atoms with E-state index < -0.39 is 66.7 Å². The molecule has 6 atom stereocenters. The molecule has 30 heteroatoms. The number of imidazole rings is 1. The highest BCUT2D eigenvalue weighted by atomic mass is 32.1. The average molecular weight is 1040 g/mol. The Morgan fingerprint density at radius 1 is 0.957 bits per heavy atom. The Labute approximate surface area is 396 Å². The van der Waals surface area contributed by atoms with Crippen LogP contribution in [-0.4, -0.2) is 123 Å². The number of aliphatic hydroxyl groups is 1. The fourth-order valence-corrected chi connectivity index (χ4v) is 10.7. The van der Waals surface area contributed by atoms with E-state index in [0.717, 1.165) is 37.0 Å². The molecule has 2 aliphatic heterocycles. The number of aliphatic hydroxyl groups excluding tert-OH is 1. The van der Waals surface area contributed by atoms with Crippen molar-refractivity contribution in [2.24, 2.45) is 4.99 Å². The van der Waals surface area contributed by atoms with Crippen LogP contribution in [0.25, 0.3) is 16.7 Å². The molecule has 0 saturated carbocycles. The number of phosphoric acid groups is 3. The minimum atomic E-state index is -5.89. The lowest BCUT2D eigenvalue weighted by Gasteiger charge is -2.28. The molecule has 1 fully saturated rings. The van der Waals surface area contributed by atoms with Crippen LogP contribution in [0.4, 0.5) is 16.3 Å². The number of phosphoric ester groups is 1. The number of nitrogens with zero attached hydrogens (tertiary/aromatic N) is 6. The van der Waals surface area contributed by atoms with Crippen molar-refractivity contribution >= 4 is 86.8 Å². The summed E-state index contributed by atoms with van der Waals surface area (Å²) in [5, 5.41) is 27.0. The van der Waals surface area contributed by atoms with Gasteiger partial charge in [0.2, 0.25) is 0 Å². The van der Waals surface area contributed by atoms with Gasteiger partial charge in [0.1, 0.15) is 35.6 Å². The lowest BCUT2D eigenvalue weighted by molar-refractivity contribution is -0.132. The molecule has 7 rings (SSSR count). The van der Waals surface area contributed by atoms with Gasteiger partial charge in [-0.05, 0) is 74.5 Å². The van der Waals surface area contributed by atoms with Gasteiger partial charge in [-0.3, -0.25) is 9.09 Å². The molecule has 3 aliphatic rings. The summed E-state index contributed by atoms with van der Waals surface area (Å²) in [7, 11) is -17.3. The topological polar surface area (TPSA) is 371 Å². The number of hydrogen-bond acceptors (Lipinski definition) is 18. The quantitative estimate of drug-likeness (QED) is 0.0386. The number of carboxylic acid groups (broad SMARTS) is 1. The standard InChI is InChI=1S/C39H44N9O17P3S/c1-4-47(5-2)22-8-11-25-28(16-22)61-27-14-20(3)6-9-24(27)30(25)23-10-7-21(15-26(23)37(50)51)46-38(69)41-12-13-42-39(52)63-33-29(17-60-67(56,57)65-68(58,59)64-66(53,54)55)62-36(32(33)49)48-19-45-31-34(40)43-18-44-35(31)48/h6-11,14-16,18-19,29,32-33,36,49H,4-5,12-13,17H2,1-3H3,(H,41,69)(H,42,52)(H,50,51)(H,56,57)(H,58,59)(H2,40,43,44)(H2,53,54,55)/t29-,32+,33?,36-/m1/s1. The molecule has 1 saturated heterocycles. The first-order valence-electron chi connectivity index (χ1n) is 20.5. The summed E-state index contributed by atoms with van der Waals surface area (Å²) in [6, 6.07) is 11.5. The van der Waals surface area contributed by atoms with E-state index in [1.807, 2.05) is 43.3 Å². The highest BCUT2D eigenvalue weighted by Gasteiger charge is 2.50. The van der Waals surface area contributed by atoms with Crippen LogP contribution in [0.3, 0.4) is 0 Å². The number of ether oxygens (including phenoxy) is 3. The van der Waals surface area contributed by atoms with Crippen LogP contribution in [-0.2, 0) is 41.1 Å². The molecule has 4 aromatic rings. The normalized spacial score (nSPS) is 22.1. The number of aliphatic carboxylic acids is 1. The lowest BCUT2D eigenvalue weighted by Crippen LogP contribution is -2.42. The third kappa shape index (κ3) is 12.0. The second-order valence-corrected chi connectivity index (χ2v) is 19.8. The number of amides is 1. The number of aryl methyl sites for hydroxylation is 1. The number of thiocarbonyl (C=S) groups is 1. The fraction of sp³-hybridized carbons (Fsp3) is 0.308. The van der Waals surface area contributed by atoms with Gasteiger partial charge in [-0.1, -0.05) is 18.2 Å². The number of nitrogen functional groups attached to an aromatic ring is 1. The van der Waals surface area contributed by atoms with Crippen molar-refractivity contribution in [3.63, 3.8) is 0 Å². The van der Waals surface area contributed by atoms with Crippen LogP contribution in [0.15, 0.2) is 83.4 Å². The molecule has 3 unspecified atom stereocenters. The number of fused-ring (bicyclic) bond motifs is 3. The van der Waals surface area contributed by atoms with E-state index in [-0.39, 0.29) is 46.5 Å². The Hall–Kier alpha value is -5.76. The first kappa shape index (κ1) is 51.1. The van der Waals surface area contributed by atoms with E-state index in [1.54, 1.807) is 12.2 Å². The third-order valence-electron chi connectivity index (χ3n) is 10.4. The zero-order valence-corrected chi connectivity index (χ0v) is 39.9. The minimum absolute atomic E-state index is 0.0336. The number of nitrogens with one attached hydrogen (secondary N) is 2. The zero-order valence-electron chi connectivity index (χ0n) is 36.4. The van der Waals surface area contributed by atoms with Crippen molar-refractivity contribution in [2.75, 3.05) is 43.4 Å². The van der Waals surface area contributed by atoms with Crippen molar-refractivity contribution in [1.29, 1.82) is 0 Å². The van der Waals surface area contributed by atoms with Crippen molar-refractivity contribution < 1.29 is 80.4 Å². The van der Waals surface area contributed by atoms with Crippen molar-refractivity contribution in [1.82, 2.24) is 30.2 Å². The van der Waals surface area contributed by atoms with Crippen LogP contribution in [0.5, 0.6) is 11.5 Å². The molecule has 2 aromatic carbocycles. The number of nitrogens with two attached hydrogens (primary N) is 1. The van der Waals surface area contributed by atoms with Gasteiger partial charge in [-0.2, -0.15) is 8.62 Å². The second-order valence-electron chi connectivity index (χ2n) is 15.0. The van der Waals surface area contributed by atoms with Gasteiger partial charge in [0.15, 0.2) is 28.9 Å². The Bertz CT molecular complexity index is 2970. The Kier molecular flexibility index (Phi) is 15.3. The lowest BCUT2D eigenvalue weighted by atomic mass is 9.84. The molecule has 1 amide bonds. The first-order valence-corrected chi connectivity index (χ1v) is 25.4. The van der Waals surface area contributed by atoms with Crippen LogP contribution in [0, 0.1) is 6.92 Å². The number of aliphatic imine (C=N–C) groups is 1. The number of hydrogen-bond donors (Lipinski definition) is 9. The van der Waals surface area contributed by atoms with Gasteiger partial charge < -0.3 is 65.3 Å². The molecule has 0 bridgehead atoms. The zero-order chi connectivity index (χ0) is 50.0. The van der Waals surface area contributed by atoms with E-state index in [2.05, 4.69) is 57.9 Å². The van der Waals surface area contributed by atoms with E-state index in [1.165, 1.54) is 10.6 Å². The maximum absolute atomic E-state index is 13.1.